The van der Waals surface area contributed by atoms with Crippen LogP contribution < -0.4 is 5.32 Å². The van der Waals surface area contributed by atoms with Crippen LogP contribution in [-0.4, -0.2) is 4.37 Å². The van der Waals surface area contributed by atoms with Gasteiger partial charge in [-0.1, -0.05) is 0 Å². The summed E-state index contributed by atoms with van der Waals surface area (Å²) in [5.74, 6) is 0. The fourth-order valence-electron chi connectivity index (χ4n) is 0.803. The summed E-state index contributed by atoms with van der Waals surface area (Å²) in [5, 5.41) is 6.11. The van der Waals surface area contributed by atoms with Gasteiger partial charge in [-0.2, -0.15) is 0 Å². The van der Waals surface area contributed by atoms with Crippen molar-refractivity contribution in [2.24, 2.45) is 0 Å². The molecule has 0 spiro atoms. The van der Waals surface area contributed by atoms with E-state index in [-0.39, 0.29) is 0 Å². The predicted octanol–water partition coefficient (Wildman–Crippen LogP) is 1.62. The summed E-state index contributed by atoms with van der Waals surface area (Å²) in [5.41, 5.74) is 2.11. The van der Waals surface area contributed by atoms with Gasteiger partial charge in [0.25, 0.3) is 0 Å². The van der Waals surface area contributed by atoms with Gasteiger partial charge in [0.15, 0.2) is 0 Å². The van der Waals surface area contributed by atoms with Crippen molar-refractivity contribution in [2.75, 3.05) is 0 Å². The van der Waals surface area contributed by atoms with Crippen LogP contribution in [0.4, 0.5) is 0 Å². The van der Waals surface area contributed by atoms with Crippen molar-refractivity contribution in [1.29, 1.82) is 0 Å². The van der Waals surface area contributed by atoms with Gasteiger partial charge in [0.1, 0.15) is 0 Å². The van der Waals surface area contributed by atoms with E-state index in [1.807, 2.05) is 23.7 Å². The van der Waals surface area contributed by atoms with Crippen LogP contribution in [0.1, 0.15) is 5.56 Å². The Morgan fingerprint density at radius 1 is 1.40 bits per heavy atom. The Labute approximate surface area is 63.1 Å². The number of allylic oxidation sites excluding steroid dienone is 2. The molecule has 1 aliphatic heterocycles. The van der Waals surface area contributed by atoms with Crippen LogP contribution in [0.5, 0.6) is 0 Å². The minimum atomic E-state index is 1.01. The Morgan fingerprint density at radius 2 is 2.40 bits per heavy atom. The van der Waals surface area contributed by atoms with Crippen LogP contribution in [-0.2, 0) is 0 Å². The first kappa shape index (κ1) is 5.68. The fourth-order valence-corrected chi connectivity index (χ4v) is 1.33. The minimum absolute atomic E-state index is 1.01. The van der Waals surface area contributed by atoms with Gasteiger partial charge in [-0.3, -0.25) is 5.32 Å². The second-order valence-corrected chi connectivity index (χ2v) is 2.59. The van der Waals surface area contributed by atoms with Crippen LogP contribution in [0.15, 0.2) is 29.9 Å². The summed E-state index contributed by atoms with van der Waals surface area (Å²) in [4.78, 5) is 0. The van der Waals surface area contributed by atoms with Crippen molar-refractivity contribution in [3.8, 4) is 0 Å². The summed E-state index contributed by atoms with van der Waals surface area (Å²) in [7, 11) is 0. The summed E-state index contributed by atoms with van der Waals surface area (Å²) < 4.78 is 3.98. The molecule has 0 N–H and O–H groups in total. The Hall–Kier alpha value is -1.09. The lowest BCUT2D eigenvalue weighted by atomic mass is 10.3. The lowest BCUT2D eigenvalue weighted by Gasteiger charge is -1.92. The monoisotopic (exact) mass is 149 g/mol. The molecule has 10 heavy (non-hydrogen) atoms. The number of nitrogens with zero attached hydrogens (tertiary/aromatic N) is 2. The molecular formula is C7H5N2S. The molecule has 0 amide bonds. The van der Waals surface area contributed by atoms with E-state index in [4.69, 9.17) is 0 Å². The maximum absolute atomic E-state index is 4.13. The molecule has 1 radical (unpaired) electrons. The molecule has 1 aromatic rings. The standard InChI is InChI=1S/C7H5N2S/c1-2-7(8-3-1)6-4-9-10-5-6/h1-5H. The van der Waals surface area contributed by atoms with Crippen LogP contribution in [0.2, 0.25) is 0 Å². The molecule has 0 saturated heterocycles. The minimum Gasteiger partial charge on any atom is -0.256 e. The first-order chi connectivity index (χ1) is 4.97. The van der Waals surface area contributed by atoms with Gasteiger partial charge in [-0.15, -0.1) is 0 Å². The number of aromatic nitrogens is 1. The highest BCUT2D eigenvalue weighted by Crippen LogP contribution is 2.16. The van der Waals surface area contributed by atoms with E-state index in [0.29, 0.717) is 0 Å². The maximum atomic E-state index is 4.13. The molecule has 0 atom stereocenters. The van der Waals surface area contributed by atoms with Gasteiger partial charge in [-0.05, 0) is 23.7 Å². The van der Waals surface area contributed by atoms with E-state index in [9.17, 15) is 0 Å². The Balaban J connectivity index is 2.30. The number of hydrogen-bond donors (Lipinski definition) is 0. The highest BCUT2D eigenvalue weighted by atomic mass is 32.1. The van der Waals surface area contributed by atoms with Crippen LogP contribution in [0.25, 0.3) is 5.70 Å². The molecule has 0 aliphatic carbocycles. The summed E-state index contributed by atoms with van der Waals surface area (Å²) in [6, 6.07) is 0. The lowest BCUT2D eigenvalue weighted by Crippen LogP contribution is -1.88. The first-order valence-corrected chi connectivity index (χ1v) is 3.78. The smallest absolute Gasteiger partial charge is 0.0727 e. The van der Waals surface area contributed by atoms with Crippen molar-refractivity contribution < 1.29 is 0 Å². The van der Waals surface area contributed by atoms with Crippen LogP contribution in [0, 0.1) is 0 Å². The van der Waals surface area contributed by atoms with Crippen molar-refractivity contribution in [3.63, 3.8) is 0 Å². The third-order valence-electron chi connectivity index (χ3n) is 1.28. The highest BCUT2D eigenvalue weighted by Gasteiger charge is 2.03. The van der Waals surface area contributed by atoms with Crippen LogP contribution in [0.3, 0.4) is 0 Å². The van der Waals surface area contributed by atoms with E-state index in [2.05, 4.69) is 9.69 Å². The number of hydrogen-bond acceptors (Lipinski definition) is 2. The molecule has 0 aromatic carbocycles. The average Bonchev–Trinajstić information content (AvgIpc) is 2.59. The fraction of sp³-hybridized carbons (Fsp3) is 0. The third kappa shape index (κ3) is 0.844. The third-order valence-corrected chi connectivity index (χ3v) is 1.87. The SMILES string of the molecule is C1=C[N]C(c2cnsc2)=C1. The Bertz CT molecular complexity index is 272. The molecule has 2 rings (SSSR count). The van der Waals surface area contributed by atoms with E-state index in [1.165, 1.54) is 11.5 Å². The molecule has 0 bridgehead atoms. The molecule has 0 unspecified atom stereocenters. The molecule has 3 heteroatoms. The van der Waals surface area contributed by atoms with Gasteiger partial charge in [0, 0.05) is 17.1 Å². The maximum Gasteiger partial charge on any atom is 0.0727 e. The molecule has 1 aromatic heterocycles. The summed E-state index contributed by atoms with van der Waals surface area (Å²) in [6.07, 6.45) is 7.51. The molecule has 0 fully saturated rings. The van der Waals surface area contributed by atoms with Crippen molar-refractivity contribution >= 4 is 17.2 Å². The van der Waals surface area contributed by atoms with Gasteiger partial charge >= 0.3 is 0 Å². The summed E-state index contributed by atoms with van der Waals surface area (Å²) in [6.45, 7) is 0. The zero-order valence-corrected chi connectivity index (χ0v) is 6.01. The van der Waals surface area contributed by atoms with Gasteiger partial charge in [0.2, 0.25) is 0 Å². The second kappa shape index (κ2) is 2.27. The van der Waals surface area contributed by atoms with E-state index >= 15 is 0 Å². The van der Waals surface area contributed by atoms with Gasteiger partial charge in [0.05, 0.1) is 11.9 Å². The summed E-state index contributed by atoms with van der Waals surface area (Å²) >= 11 is 1.45. The largest absolute Gasteiger partial charge is 0.256 e. The number of rotatable bonds is 1. The Kier molecular flexibility index (Phi) is 1.29. The van der Waals surface area contributed by atoms with Crippen molar-refractivity contribution in [2.45, 2.75) is 0 Å². The molecule has 2 heterocycles. The molecule has 1 aliphatic rings. The highest BCUT2D eigenvalue weighted by molar-refractivity contribution is 7.03. The molecule has 2 nitrogen and oxygen atoms in total. The average molecular weight is 149 g/mol. The van der Waals surface area contributed by atoms with Gasteiger partial charge < -0.3 is 0 Å². The zero-order chi connectivity index (χ0) is 6.81. The lowest BCUT2D eigenvalue weighted by molar-refractivity contribution is 1.23. The molecular weight excluding hydrogens is 144 g/mol. The normalized spacial score (nSPS) is 15.0. The van der Waals surface area contributed by atoms with E-state index in [0.717, 1.165) is 11.3 Å². The first-order valence-electron chi connectivity index (χ1n) is 2.94. The van der Waals surface area contributed by atoms with Crippen LogP contribution >= 0.6 is 11.5 Å². The Morgan fingerprint density at radius 3 is 3.00 bits per heavy atom. The molecule has 0 saturated carbocycles. The van der Waals surface area contributed by atoms with E-state index in [1.54, 1.807) is 6.20 Å². The molecule has 49 valence electrons. The second-order valence-electron chi connectivity index (χ2n) is 1.94. The predicted molar refractivity (Wildman–Crippen MR) is 41.4 cm³/mol. The quantitative estimate of drug-likeness (QED) is 0.596. The van der Waals surface area contributed by atoms with Crippen molar-refractivity contribution in [3.05, 3.63) is 35.5 Å². The topological polar surface area (TPSA) is 27.0 Å². The van der Waals surface area contributed by atoms with Crippen molar-refractivity contribution in [1.82, 2.24) is 9.69 Å². The zero-order valence-electron chi connectivity index (χ0n) is 5.19. The van der Waals surface area contributed by atoms with Gasteiger partial charge in [-0.25, -0.2) is 4.37 Å². The van der Waals surface area contributed by atoms with E-state index < -0.39 is 0 Å².